The van der Waals surface area contributed by atoms with Crippen molar-refractivity contribution in [1.29, 1.82) is 0 Å². The maximum absolute atomic E-state index is 13.1. The Morgan fingerprint density at radius 2 is 0.333 bits per heavy atom. The summed E-state index contributed by atoms with van der Waals surface area (Å²) in [4.78, 5) is 0. The van der Waals surface area contributed by atoms with Gasteiger partial charge in [0.2, 0.25) is 0 Å². The summed E-state index contributed by atoms with van der Waals surface area (Å²) in [7, 11) is 0. The van der Waals surface area contributed by atoms with Crippen LogP contribution in [-0.4, -0.2) is 66.5 Å². The van der Waals surface area contributed by atoms with Crippen molar-refractivity contribution >= 4 is 40.0 Å². The van der Waals surface area contributed by atoms with Crippen LogP contribution < -0.4 is 0 Å². The summed E-state index contributed by atoms with van der Waals surface area (Å²) >= 11 is 14.8. The Kier molecular flexibility index (Phi) is 10.4. The Bertz CT molecular complexity index is 687. The topological polar surface area (TPSA) is 0 Å². The quantitative estimate of drug-likeness (QED) is 0.144. The predicted molar refractivity (Wildman–Crippen MR) is 76.4 cm³/mol. The largest absolute Gasteiger partial charge is 0.460 e. The van der Waals surface area contributed by atoms with Gasteiger partial charge in [-0.2, -0.15) is 96.6 Å². The molecule has 0 unspecified atom stereocenters. The third-order valence-electron chi connectivity index (χ3n) is 3.47. The highest BCUT2D eigenvalue weighted by molar-refractivity contribution is 7.54. The fourth-order valence-electron chi connectivity index (χ4n) is 1.54. The van der Waals surface area contributed by atoms with Crippen LogP contribution in [0.25, 0.3) is 0 Å². The van der Waals surface area contributed by atoms with Crippen LogP contribution in [0.2, 0.25) is 0 Å². The lowest BCUT2D eigenvalue weighted by Crippen LogP contribution is -2.76. The smallest absolute Gasteiger partial charge is 0.192 e. The van der Waals surface area contributed by atoms with Crippen LogP contribution in [0.15, 0.2) is 0 Å². The van der Waals surface area contributed by atoms with E-state index in [0.717, 1.165) is 0 Å². The molecule has 0 fully saturated rings. The van der Waals surface area contributed by atoms with Gasteiger partial charge in [-0.15, -0.1) is 33.2 Å². The molecular weight excluding hydrogens is 673 g/mol. The normalized spacial score (nSPS) is 16.2. The van der Waals surface area contributed by atoms with Gasteiger partial charge >= 0.3 is 66.5 Å². The van der Waals surface area contributed by atoms with E-state index in [1.54, 1.807) is 0 Å². The van der Waals surface area contributed by atoms with Crippen molar-refractivity contribution in [2.75, 3.05) is 0 Å². The number of rotatable bonds is 7. The van der Waals surface area contributed by atoms with E-state index >= 15 is 0 Å². The van der Waals surface area contributed by atoms with E-state index in [0.29, 0.717) is 0 Å². The highest BCUT2D eigenvalue weighted by Gasteiger charge is 2.98. The summed E-state index contributed by atoms with van der Waals surface area (Å²) in [6.07, 6.45) is -16.1. The average Bonchev–Trinajstić information content (AvgIpc) is 2.57. The van der Waals surface area contributed by atoms with Crippen LogP contribution >= 0.6 is 33.2 Å². The van der Waals surface area contributed by atoms with Gasteiger partial charge in [-0.3, -0.25) is 0 Å². The van der Waals surface area contributed by atoms with Gasteiger partial charge in [-0.1, -0.05) is 0 Å². The maximum atomic E-state index is 13.1. The molecule has 0 aliphatic carbocycles. The molecule has 220 valence electrons. The number of alkyl halides is 22. The molecule has 0 amide bonds. The molecule has 0 aliphatic rings. The lowest BCUT2D eigenvalue weighted by atomic mass is 9.87. The molecule has 0 atom stereocenters. The molecular formula is C10HCl3F22Si. The zero-order chi connectivity index (χ0) is 30.6. The van der Waals surface area contributed by atoms with Crippen molar-refractivity contribution in [1.82, 2.24) is 0 Å². The van der Waals surface area contributed by atoms with E-state index in [4.69, 9.17) is 33.2 Å². The molecule has 36 heavy (non-hydrogen) atoms. The van der Waals surface area contributed by atoms with Gasteiger partial charge < -0.3 is 0 Å². The summed E-state index contributed by atoms with van der Waals surface area (Å²) in [6, 6.07) is 0. The summed E-state index contributed by atoms with van der Waals surface area (Å²) in [5, 5.41) is 0. The summed E-state index contributed by atoms with van der Waals surface area (Å²) in [5.74, 6) is -71.5. The molecule has 0 radical (unpaired) electrons. The first-order valence-corrected chi connectivity index (χ1v) is 12.3. The van der Waals surface area contributed by atoms with Crippen molar-refractivity contribution in [3.8, 4) is 0 Å². The zero-order valence-corrected chi connectivity index (χ0v) is 18.4. The molecule has 0 spiro atoms. The van der Waals surface area contributed by atoms with Crippen LogP contribution in [0.3, 0.4) is 0 Å². The van der Waals surface area contributed by atoms with Crippen molar-refractivity contribution in [3.05, 3.63) is 0 Å². The van der Waals surface area contributed by atoms with Crippen molar-refractivity contribution in [2.45, 2.75) is 59.7 Å². The second-order valence-corrected chi connectivity index (χ2v) is 12.3. The van der Waals surface area contributed by atoms with Gasteiger partial charge in [0.1, 0.15) is 0 Å². The number of hydrogen-bond acceptors (Lipinski definition) is 0. The highest BCUT2D eigenvalue weighted by atomic mass is 35.8. The van der Waals surface area contributed by atoms with E-state index in [1.165, 1.54) is 0 Å². The SMILES string of the molecule is Cl[SiH](Cl)Cl.FC(F)(F)C(F)(F)C(F)(F)C(F)(F)C(F)(F)C(F)(F)C(F)(F)C(F)(F)C(F)(F)C(F)(F)F. The van der Waals surface area contributed by atoms with Crippen molar-refractivity contribution < 1.29 is 96.6 Å². The molecule has 0 saturated heterocycles. The second-order valence-electron chi connectivity index (χ2n) is 5.84. The fraction of sp³-hybridized carbons (Fsp3) is 1.00. The van der Waals surface area contributed by atoms with Gasteiger partial charge in [0.05, 0.1) is 0 Å². The first kappa shape index (κ1) is 37.7. The van der Waals surface area contributed by atoms with Crippen LogP contribution in [0, 0.1) is 0 Å². The molecule has 0 heterocycles. The average molecular weight is 674 g/mol. The summed E-state index contributed by atoms with van der Waals surface area (Å²) < 4.78 is 276. The van der Waals surface area contributed by atoms with E-state index in [2.05, 4.69) is 0 Å². The molecule has 0 saturated carbocycles. The Labute approximate surface area is 197 Å². The monoisotopic (exact) mass is 672 g/mol. The molecule has 0 rings (SSSR count). The zero-order valence-electron chi connectivity index (χ0n) is 15.0. The predicted octanol–water partition coefficient (Wildman–Crippen LogP) is 8.61. The third-order valence-corrected chi connectivity index (χ3v) is 3.47. The molecule has 0 aromatic rings. The Balaban J connectivity index is 0. The number of hydrogen-bond donors (Lipinski definition) is 0. The lowest BCUT2D eigenvalue weighted by Gasteiger charge is -2.43. The first-order valence-electron chi connectivity index (χ1n) is 7.06. The highest BCUT2D eigenvalue weighted by Crippen LogP contribution is 2.66. The second kappa shape index (κ2) is 9.94. The van der Waals surface area contributed by atoms with Gasteiger partial charge in [0.25, 0.3) is 0 Å². The third kappa shape index (κ3) is 5.48. The van der Waals surface area contributed by atoms with Gasteiger partial charge in [0.15, 0.2) is 0 Å². The van der Waals surface area contributed by atoms with E-state index < -0.39 is 66.5 Å². The minimum atomic E-state index is -9.24. The summed E-state index contributed by atoms with van der Waals surface area (Å²) in [5.41, 5.74) is 0. The van der Waals surface area contributed by atoms with Crippen molar-refractivity contribution in [2.24, 2.45) is 0 Å². The van der Waals surface area contributed by atoms with Crippen LogP contribution in [0.1, 0.15) is 0 Å². The van der Waals surface area contributed by atoms with E-state index in [1.807, 2.05) is 0 Å². The Hall–Kier alpha value is -0.453. The summed E-state index contributed by atoms with van der Waals surface area (Å²) in [6.45, 7) is -1.72. The molecule has 0 nitrogen and oxygen atoms in total. The molecule has 0 N–H and O–H groups in total. The van der Waals surface area contributed by atoms with E-state index in [9.17, 15) is 96.6 Å². The Morgan fingerprint density at radius 3 is 0.417 bits per heavy atom. The minimum Gasteiger partial charge on any atom is -0.192 e. The standard InChI is InChI=1S/C10F22.Cl3HSi/c11-1(12,3(15,16)5(19,20)7(23,24)9(27,28)29)2(13,14)4(17,18)6(21,22)8(25,26)10(30,31)32;1-4(2)3/h;4H. The molecule has 26 heteroatoms. The van der Waals surface area contributed by atoms with Crippen LogP contribution in [0.4, 0.5) is 96.6 Å². The molecule has 0 bridgehead atoms. The van der Waals surface area contributed by atoms with E-state index in [-0.39, 0.29) is 0 Å². The van der Waals surface area contributed by atoms with Gasteiger partial charge in [-0.25, -0.2) is 0 Å². The maximum Gasteiger partial charge on any atom is 0.460 e. The van der Waals surface area contributed by atoms with Crippen molar-refractivity contribution in [3.63, 3.8) is 0 Å². The van der Waals surface area contributed by atoms with Crippen LogP contribution in [0.5, 0.6) is 0 Å². The van der Waals surface area contributed by atoms with Gasteiger partial charge in [0, 0.05) is 0 Å². The Morgan fingerprint density at radius 1 is 0.250 bits per heavy atom. The van der Waals surface area contributed by atoms with Gasteiger partial charge in [-0.05, 0) is 0 Å². The first-order chi connectivity index (χ1) is 15.0. The fourth-order valence-corrected chi connectivity index (χ4v) is 1.54. The molecule has 0 aromatic heterocycles. The number of halogens is 25. The lowest BCUT2D eigenvalue weighted by molar-refractivity contribution is -0.478. The van der Waals surface area contributed by atoms with Crippen LogP contribution in [-0.2, 0) is 0 Å². The minimum absolute atomic E-state index is 1.72. The molecule has 0 aliphatic heterocycles. The molecule has 0 aromatic carbocycles.